The molecule has 2 radical (unpaired) electrons. The molecule has 1 aliphatic carbocycles. The van der Waals surface area contributed by atoms with Crippen LogP contribution in [0, 0.1) is 0 Å². The van der Waals surface area contributed by atoms with E-state index >= 15 is 0 Å². The molecule has 33 heavy (non-hydrogen) atoms. The van der Waals surface area contributed by atoms with Crippen molar-refractivity contribution in [3.05, 3.63) is 101 Å². The number of carbonyl (C=O) groups is 1. The van der Waals surface area contributed by atoms with Crippen LogP contribution in [0.1, 0.15) is 49.7 Å². The summed E-state index contributed by atoms with van der Waals surface area (Å²) in [6.45, 7) is 6.02. The number of benzene rings is 2. The number of fused-ring (bicyclic) bond motifs is 2. The molecule has 1 amide bonds. The van der Waals surface area contributed by atoms with E-state index < -0.39 is 0 Å². The molecule has 4 heteroatoms. The van der Waals surface area contributed by atoms with Crippen molar-refractivity contribution >= 4 is 19.2 Å². The van der Waals surface area contributed by atoms with Gasteiger partial charge >= 0.3 is 0 Å². The maximum Gasteiger partial charge on any atom is 0.253 e. The number of rotatable bonds is 4. The summed E-state index contributed by atoms with van der Waals surface area (Å²) in [6, 6.07) is 18.5. The first-order valence-corrected chi connectivity index (χ1v) is 12.1. The van der Waals surface area contributed by atoms with E-state index in [1.54, 1.807) is 0 Å². The summed E-state index contributed by atoms with van der Waals surface area (Å²) in [5, 5.41) is 0. The van der Waals surface area contributed by atoms with Gasteiger partial charge in [-0.1, -0.05) is 78.3 Å². The van der Waals surface area contributed by atoms with Crippen LogP contribution in [0.2, 0.25) is 0 Å². The molecule has 1 saturated heterocycles. The lowest BCUT2D eigenvalue weighted by atomic mass is 9.86. The van der Waals surface area contributed by atoms with E-state index in [1.165, 1.54) is 16.8 Å². The molecule has 166 valence electrons. The third kappa shape index (κ3) is 4.57. The second-order valence-electron chi connectivity index (χ2n) is 9.51. The monoisotopic (exact) mass is 434 g/mol. The van der Waals surface area contributed by atoms with E-state index in [0.717, 1.165) is 73.7 Å². The molecule has 1 fully saturated rings. The number of allylic oxidation sites excluding steroid dienone is 2. The highest BCUT2D eigenvalue weighted by molar-refractivity contribution is 6.32. The zero-order chi connectivity index (χ0) is 22.8. The number of hydrogen-bond donors (Lipinski definition) is 0. The molecule has 0 N–H and O–H groups in total. The van der Waals surface area contributed by atoms with Crippen molar-refractivity contribution in [1.29, 1.82) is 0 Å². The maximum absolute atomic E-state index is 13.8. The van der Waals surface area contributed by atoms with Crippen LogP contribution >= 0.6 is 0 Å². The largest absolute Gasteiger partial charge is 0.350 e. The summed E-state index contributed by atoms with van der Waals surface area (Å²) < 4.78 is 0. The molecule has 0 saturated carbocycles. The van der Waals surface area contributed by atoms with Crippen molar-refractivity contribution in [2.45, 2.75) is 57.7 Å². The first-order valence-electron chi connectivity index (χ1n) is 12.1. The van der Waals surface area contributed by atoms with Gasteiger partial charge in [-0.15, -0.1) is 0 Å². The Balaban J connectivity index is 1.45. The van der Waals surface area contributed by atoms with Crippen LogP contribution in [0.25, 0.3) is 0 Å². The fraction of sp³-hybridized carbons (Fsp3) is 0.345. The average molecular weight is 434 g/mol. The number of hydrogen-bond acceptors (Lipinski definition) is 2. The lowest BCUT2D eigenvalue weighted by Crippen LogP contribution is -2.55. The van der Waals surface area contributed by atoms with Gasteiger partial charge in [-0.25, -0.2) is 0 Å². The number of carbonyl (C=O) groups excluding carboxylic acids is 1. The van der Waals surface area contributed by atoms with Gasteiger partial charge in [0.25, 0.3) is 5.91 Å². The van der Waals surface area contributed by atoms with Crippen molar-refractivity contribution in [2.75, 3.05) is 6.54 Å². The molecular formula is C29H31BN2O. The van der Waals surface area contributed by atoms with E-state index in [1.807, 2.05) is 24.3 Å². The highest BCUT2D eigenvalue weighted by Gasteiger charge is 2.42. The van der Waals surface area contributed by atoms with Crippen LogP contribution in [0.5, 0.6) is 0 Å². The van der Waals surface area contributed by atoms with Gasteiger partial charge in [0.2, 0.25) is 0 Å². The van der Waals surface area contributed by atoms with Crippen LogP contribution < -0.4 is 5.46 Å². The molecule has 1 atom stereocenters. The van der Waals surface area contributed by atoms with E-state index in [0.29, 0.717) is 6.54 Å². The predicted octanol–water partition coefficient (Wildman–Crippen LogP) is 4.80. The Bertz CT molecular complexity index is 1100. The quantitative estimate of drug-likeness (QED) is 0.510. The Kier molecular flexibility index (Phi) is 6.26. The van der Waals surface area contributed by atoms with E-state index in [9.17, 15) is 4.79 Å². The lowest BCUT2D eigenvalue weighted by molar-refractivity contribution is -0.135. The summed E-state index contributed by atoms with van der Waals surface area (Å²) in [5.74, 6) is 0.188. The molecule has 2 aliphatic heterocycles. The zero-order valence-corrected chi connectivity index (χ0v) is 19.3. The fourth-order valence-corrected chi connectivity index (χ4v) is 5.44. The fourth-order valence-electron chi connectivity index (χ4n) is 5.44. The van der Waals surface area contributed by atoms with Crippen molar-refractivity contribution < 1.29 is 4.79 Å². The summed E-state index contributed by atoms with van der Waals surface area (Å²) in [7, 11) is 5.88. The van der Waals surface area contributed by atoms with Gasteiger partial charge in [0.1, 0.15) is 14.0 Å². The summed E-state index contributed by atoms with van der Waals surface area (Å²) in [5.41, 5.74) is 8.05. The van der Waals surface area contributed by atoms with Crippen LogP contribution in [-0.2, 0) is 17.8 Å². The van der Waals surface area contributed by atoms with Gasteiger partial charge in [-0.2, -0.15) is 0 Å². The third-order valence-electron chi connectivity index (χ3n) is 7.21. The highest BCUT2D eigenvalue weighted by Crippen LogP contribution is 2.41. The Morgan fingerprint density at radius 1 is 0.970 bits per heavy atom. The van der Waals surface area contributed by atoms with Crippen molar-refractivity contribution in [1.82, 2.24) is 9.80 Å². The van der Waals surface area contributed by atoms with Crippen molar-refractivity contribution in [2.24, 2.45) is 0 Å². The minimum atomic E-state index is -0.0511. The highest BCUT2D eigenvalue weighted by atomic mass is 16.2. The molecule has 0 aromatic heterocycles. The molecule has 0 spiro atoms. The number of amides is 1. The molecule has 5 rings (SSSR count). The van der Waals surface area contributed by atoms with Gasteiger partial charge in [0.15, 0.2) is 0 Å². The predicted molar refractivity (Wildman–Crippen MR) is 135 cm³/mol. The molecule has 2 heterocycles. The van der Waals surface area contributed by atoms with Gasteiger partial charge in [0, 0.05) is 30.8 Å². The minimum absolute atomic E-state index is 0.0511. The van der Waals surface area contributed by atoms with Gasteiger partial charge in [-0.3, -0.25) is 4.79 Å². The van der Waals surface area contributed by atoms with E-state index in [4.69, 9.17) is 7.85 Å². The Morgan fingerprint density at radius 3 is 2.55 bits per heavy atom. The van der Waals surface area contributed by atoms with Crippen molar-refractivity contribution in [3.8, 4) is 0 Å². The lowest BCUT2D eigenvalue weighted by Gasteiger charge is -2.48. The van der Waals surface area contributed by atoms with E-state index in [2.05, 4.69) is 52.8 Å². The molecule has 0 bridgehead atoms. The number of nitrogens with zero attached hydrogens (tertiary/aromatic N) is 2. The summed E-state index contributed by atoms with van der Waals surface area (Å²) >= 11 is 0. The third-order valence-corrected chi connectivity index (χ3v) is 7.21. The Hall–Kier alpha value is -3.01. The van der Waals surface area contributed by atoms with E-state index in [-0.39, 0.29) is 12.1 Å². The smallest absolute Gasteiger partial charge is 0.253 e. The first kappa shape index (κ1) is 21.8. The molecular weight excluding hydrogens is 403 g/mol. The van der Waals surface area contributed by atoms with Crippen LogP contribution in [0.3, 0.4) is 0 Å². The van der Waals surface area contributed by atoms with Crippen molar-refractivity contribution in [3.63, 3.8) is 0 Å². The maximum atomic E-state index is 13.8. The summed E-state index contributed by atoms with van der Waals surface area (Å²) in [4.78, 5) is 18.3. The molecule has 3 nitrogen and oxygen atoms in total. The topological polar surface area (TPSA) is 23.6 Å². The zero-order valence-electron chi connectivity index (χ0n) is 19.3. The second kappa shape index (κ2) is 9.47. The van der Waals surface area contributed by atoms with Gasteiger partial charge < -0.3 is 9.80 Å². The molecule has 1 unspecified atom stereocenters. The molecule has 3 aliphatic rings. The first-order chi connectivity index (χ1) is 16.1. The Labute approximate surface area is 198 Å². The van der Waals surface area contributed by atoms with Gasteiger partial charge in [-0.05, 0) is 55.2 Å². The van der Waals surface area contributed by atoms with Gasteiger partial charge in [0.05, 0.1) is 0 Å². The normalized spacial score (nSPS) is 22.3. The minimum Gasteiger partial charge on any atom is -0.350 e. The Morgan fingerprint density at radius 2 is 1.76 bits per heavy atom. The van der Waals surface area contributed by atoms with Crippen LogP contribution in [-0.4, -0.2) is 36.3 Å². The standard InChI is InChI=1S/C29H31BN2O/c1-21-7-5-6-18-31-27-19-23(11-10-22-8-3-2-4-9-22)14-17-26(27)29(33)32(28(21)31)20-24-12-15-25(30)16-13-24/h2-4,8-9,11-13,15-16,28H,1,5-7,10,14,17-20H2/b23-11+. The summed E-state index contributed by atoms with van der Waals surface area (Å²) in [6.07, 6.45) is 9.20. The average Bonchev–Trinajstić information content (AvgIpc) is 3.04. The second-order valence-corrected chi connectivity index (χ2v) is 9.51. The SMILES string of the molecule is [B]c1ccc(CN2C(=O)C3=C(C/C(=C/Cc4ccccc4)CC3)N3CCCCC(=C)C23)cc1. The molecule has 2 aromatic carbocycles. The molecule has 2 aromatic rings. The van der Waals surface area contributed by atoms with Crippen LogP contribution in [0.4, 0.5) is 0 Å². The van der Waals surface area contributed by atoms with Crippen LogP contribution in [0.15, 0.2) is 89.7 Å².